The zero-order chi connectivity index (χ0) is 33.0. The van der Waals surface area contributed by atoms with Crippen molar-refractivity contribution in [2.45, 2.75) is 0 Å². The Bertz CT molecular complexity index is 2870. The third kappa shape index (κ3) is 4.65. The summed E-state index contributed by atoms with van der Waals surface area (Å²) < 4.78 is 6.41. The molecule has 0 N–H and O–H groups in total. The van der Waals surface area contributed by atoms with Gasteiger partial charge in [0.1, 0.15) is 11.2 Å². The Labute approximate surface area is 290 Å². The molecule has 0 saturated carbocycles. The second-order valence-electron chi connectivity index (χ2n) is 12.9. The number of anilines is 3. The molecule has 2 heteroatoms. The van der Waals surface area contributed by atoms with Crippen LogP contribution in [0.25, 0.3) is 76.5 Å². The summed E-state index contributed by atoms with van der Waals surface area (Å²) in [6.45, 7) is 0. The van der Waals surface area contributed by atoms with Crippen LogP contribution in [-0.4, -0.2) is 0 Å². The van der Waals surface area contributed by atoms with Crippen LogP contribution in [0, 0.1) is 0 Å². The average Bonchev–Trinajstić information content (AvgIpc) is 3.57. The van der Waals surface area contributed by atoms with Crippen LogP contribution in [-0.2, 0) is 0 Å². The molecule has 1 aromatic heterocycles. The number of hydrogen-bond acceptors (Lipinski definition) is 2. The fraction of sp³-hybridized carbons (Fsp3) is 0. The number of furan rings is 1. The summed E-state index contributed by atoms with van der Waals surface area (Å²) in [5.74, 6) is 0. The van der Waals surface area contributed by atoms with Crippen molar-refractivity contribution in [3.05, 3.63) is 188 Å². The molecule has 0 unspecified atom stereocenters. The van der Waals surface area contributed by atoms with Crippen LogP contribution in [0.3, 0.4) is 0 Å². The summed E-state index contributed by atoms with van der Waals surface area (Å²) >= 11 is 0. The third-order valence-electron chi connectivity index (χ3n) is 10.0. The molecule has 0 spiro atoms. The van der Waals surface area contributed by atoms with E-state index in [2.05, 4.69) is 193 Å². The van der Waals surface area contributed by atoms with E-state index in [-0.39, 0.29) is 0 Å². The second kappa shape index (κ2) is 11.5. The molecule has 10 rings (SSSR count). The molecule has 0 fully saturated rings. The molecule has 9 aromatic carbocycles. The van der Waals surface area contributed by atoms with Gasteiger partial charge in [-0.25, -0.2) is 0 Å². The Hall–Kier alpha value is -6.64. The van der Waals surface area contributed by atoms with Gasteiger partial charge in [-0.2, -0.15) is 0 Å². The zero-order valence-corrected chi connectivity index (χ0v) is 27.3. The minimum absolute atomic E-state index is 0.903. The molecule has 1 heterocycles. The summed E-state index contributed by atoms with van der Waals surface area (Å²) in [6.07, 6.45) is 0. The molecule has 0 saturated heterocycles. The maximum absolute atomic E-state index is 6.41. The number of benzene rings is 9. The van der Waals surface area contributed by atoms with Crippen molar-refractivity contribution in [2.24, 2.45) is 0 Å². The third-order valence-corrected chi connectivity index (χ3v) is 10.0. The SMILES string of the molecule is c1ccc(-c2ccccc2N(c2ccc(-c3ccc4c(c3)oc3ccc5ccccc5c34)cc2)c2ccc3ccc4ccccc4c3c2)cc1. The van der Waals surface area contributed by atoms with Crippen molar-refractivity contribution in [3.8, 4) is 22.3 Å². The lowest BCUT2D eigenvalue weighted by molar-refractivity contribution is 0.669. The maximum atomic E-state index is 6.41. The van der Waals surface area contributed by atoms with E-state index in [4.69, 9.17) is 4.42 Å². The van der Waals surface area contributed by atoms with Gasteiger partial charge in [0, 0.05) is 27.7 Å². The van der Waals surface area contributed by atoms with Crippen molar-refractivity contribution >= 4 is 71.3 Å². The van der Waals surface area contributed by atoms with Crippen molar-refractivity contribution < 1.29 is 4.42 Å². The Morgan fingerprint density at radius 1 is 0.340 bits per heavy atom. The first-order valence-corrected chi connectivity index (χ1v) is 17.1. The van der Waals surface area contributed by atoms with Crippen LogP contribution < -0.4 is 4.90 Å². The Kier molecular flexibility index (Phi) is 6.53. The number of nitrogens with zero attached hydrogens (tertiary/aromatic N) is 1. The molecule has 0 amide bonds. The van der Waals surface area contributed by atoms with Crippen LogP contribution in [0.1, 0.15) is 0 Å². The molecule has 234 valence electrons. The summed E-state index contributed by atoms with van der Waals surface area (Å²) in [4.78, 5) is 2.39. The van der Waals surface area contributed by atoms with Crippen LogP contribution >= 0.6 is 0 Å². The number of hydrogen-bond donors (Lipinski definition) is 0. The fourth-order valence-electron chi connectivity index (χ4n) is 7.62. The minimum atomic E-state index is 0.903. The highest BCUT2D eigenvalue weighted by molar-refractivity contribution is 6.19. The minimum Gasteiger partial charge on any atom is -0.456 e. The lowest BCUT2D eigenvalue weighted by Crippen LogP contribution is -2.11. The van der Waals surface area contributed by atoms with Crippen LogP contribution in [0.15, 0.2) is 192 Å². The summed E-state index contributed by atoms with van der Waals surface area (Å²) in [5, 5.41) is 9.73. The molecule has 2 nitrogen and oxygen atoms in total. The lowest BCUT2D eigenvalue weighted by Gasteiger charge is -2.28. The molecule has 0 aliphatic rings. The first-order chi connectivity index (χ1) is 24.8. The predicted molar refractivity (Wildman–Crippen MR) is 212 cm³/mol. The largest absolute Gasteiger partial charge is 0.456 e. The number of rotatable bonds is 5. The van der Waals surface area contributed by atoms with E-state index in [9.17, 15) is 0 Å². The van der Waals surface area contributed by atoms with Gasteiger partial charge in [0.05, 0.1) is 5.69 Å². The number of fused-ring (bicyclic) bond motifs is 8. The van der Waals surface area contributed by atoms with E-state index < -0.39 is 0 Å². The zero-order valence-electron chi connectivity index (χ0n) is 27.3. The Balaban J connectivity index is 1.11. The van der Waals surface area contributed by atoms with Crippen LogP contribution in [0.4, 0.5) is 17.1 Å². The van der Waals surface area contributed by atoms with Crippen molar-refractivity contribution in [2.75, 3.05) is 4.90 Å². The van der Waals surface area contributed by atoms with Gasteiger partial charge in [-0.05, 0) is 97.5 Å². The second-order valence-corrected chi connectivity index (χ2v) is 12.9. The van der Waals surface area contributed by atoms with Gasteiger partial charge in [-0.15, -0.1) is 0 Å². The first kappa shape index (κ1) is 28.4. The van der Waals surface area contributed by atoms with E-state index >= 15 is 0 Å². The van der Waals surface area contributed by atoms with E-state index in [0.29, 0.717) is 0 Å². The molecule has 0 aliphatic carbocycles. The van der Waals surface area contributed by atoms with E-state index in [0.717, 1.165) is 44.7 Å². The molecule has 0 bridgehead atoms. The van der Waals surface area contributed by atoms with Gasteiger partial charge in [-0.3, -0.25) is 0 Å². The Morgan fingerprint density at radius 3 is 1.80 bits per heavy atom. The smallest absolute Gasteiger partial charge is 0.136 e. The Morgan fingerprint density at radius 2 is 0.960 bits per heavy atom. The maximum Gasteiger partial charge on any atom is 0.136 e. The molecule has 50 heavy (non-hydrogen) atoms. The van der Waals surface area contributed by atoms with Gasteiger partial charge in [0.15, 0.2) is 0 Å². The highest BCUT2D eigenvalue weighted by Crippen LogP contribution is 2.43. The van der Waals surface area contributed by atoms with E-state index in [1.807, 2.05) is 0 Å². The van der Waals surface area contributed by atoms with Gasteiger partial charge >= 0.3 is 0 Å². The van der Waals surface area contributed by atoms with Crippen molar-refractivity contribution in [1.82, 2.24) is 0 Å². The molecule has 0 radical (unpaired) electrons. The van der Waals surface area contributed by atoms with Crippen molar-refractivity contribution in [3.63, 3.8) is 0 Å². The predicted octanol–water partition coefficient (Wildman–Crippen LogP) is 13.8. The van der Waals surface area contributed by atoms with Gasteiger partial charge in [-0.1, -0.05) is 140 Å². The standard InChI is InChI=1S/C48H31NO/c1-2-10-33(11-3-1)41-15-8-9-17-45(41)49(39-27-22-36-19-18-34-12-4-6-14-40(34)44(36)31-39)38-25-20-32(21-26-38)37-23-28-43-47(30-37)50-46-29-24-35-13-5-7-16-42(35)48(43)46/h1-31H. The van der Waals surface area contributed by atoms with E-state index in [1.165, 1.54) is 48.8 Å². The highest BCUT2D eigenvalue weighted by Gasteiger charge is 2.18. The number of para-hydroxylation sites is 1. The van der Waals surface area contributed by atoms with Gasteiger partial charge in [0.25, 0.3) is 0 Å². The summed E-state index contributed by atoms with van der Waals surface area (Å²) in [5.41, 5.74) is 9.78. The normalized spacial score (nSPS) is 11.6. The topological polar surface area (TPSA) is 16.4 Å². The quantitative estimate of drug-likeness (QED) is 0.175. The molecular formula is C48H31NO. The van der Waals surface area contributed by atoms with Crippen LogP contribution in [0.2, 0.25) is 0 Å². The molecule has 10 aromatic rings. The fourth-order valence-corrected chi connectivity index (χ4v) is 7.62. The summed E-state index contributed by atoms with van der Waals surface area (Å²) in [6, 6.07) is 67.5. The van der Waals surface area contributed by atoms with E-state index in [1.54, 1.807) is 0 Å². The van der Waals surface area contributed by atoms with Crippen molar-refractivity contribution in [1.29, 1.82) is 0 Å². The summed E-state index contributed by atoms with van der Waals surface area (Å²) in [7, 11) is 0. The van der Waals surface area contributed by atoms with Gasteiger partial charge in [0.2, 0.25) is 0 Å². The monoisotopic (exact) mass is 637 g/mol. The van der Waals surface area contributed by atoms with Crippen LogP contribution in [0.5, 0.6) is 0 Å². The average molecular weight is 638 g/mol. The highest BCUT2D eigenvalue weighted by atomic mass is 16.3. The van der Waals surface area contributed by atoms with Gasteiger partial charge < -0.3 is 9.32 Å². The lowest BCUT2D eigenvalue weighted by atomic mass is 9.98. The molecule has 0 atom stereocenters. The first-order valence-electron chi connectivity index (χ1n) is 17.1. The molecular weight excluding hydrogens is 607 g/mol. The molecule has 0 aliphatic heterocycles.